The Morgan fingerprint density at radius 2 is 1.15 bits per heavy atom. The maximum atomic E-state index is 5.69. The molecular formula is C14H34O2S2Si2. The second kappa shape index (κ2) is 20.1. The van der Waals surface area contributed by atoms with Crippen molar-refractivity contribution in [2.75, 3.05) is 24.7 Å². The largest absolute Gasteiger partial charge is 0.424 e. The van der Waals surface area contributed by atoms with Crippen molar-refractivity contribution in [2.45, 2.75) is 64.5 Å². The van der Waals surface area contributed by atoms with E-state index in [1.54, 1.807) is 0 Å². The molecule has 0 aliphatic carbocycles. The van der Waals surface area contributed by atoms with Gasteiger partial charge in [0, 0.05) is 24.7 Å². The van der Waals surface area contributed by atoms with Crippen molar-refractivity contribution >= 4 is 41.1 Å². The molecule has 6 heteroatoms. The Kier molecular flexibility index (Phi) is 21.1. The lowest BCUT2D eigenvalue weighted by Gasteiger charge is -2.04. The Bertz CT molecular complexity index is 159. The lowest BCUT2D eigenvalue weighted by Crippen LogP contribution is -2.00. The van der Waals surface area contributed by atoms with Crippen molar-refractivity contribution in [3.8, 4) is 0 Å². The molecule has 0 unspecified atom stereocenters. The minimum absolute atomic E-state index is 0.201. The fraction of sp³-hybridized carbons (Fsp3) is 1.00. The predicted octanol–water partition coefficient (Wildman–Crippen LogP) is 3.79. The molecule has 0 radical (unpaired) electrons. The summed E-state index contributed by atoms with van der Waals surface area (Å²) in [4.78, 5) is 0. The van der Waals surface area contributed by atoms with E-state index in [2.05, 4.69) is 35.4 Å². The highest BCUT2D eigenvalue weighted by atomic mass is 33.1. The van der Waals surface area contributed by atoms with Crippen LogP contribution in [-0.2, 0) is 8.85 Å². The minimum atomic E-state index is -0.201. The molecule has 0 saturated heterocycles. The number of hydrogen-bond donors (Lipinski definition) is 0. The summed E-state index contributed by atoms with van der Waals surface area (Å²) < 4.78 is 11.4. The van der Waals surface area contributed by atoms with Crippen molar-refractivity contribution in [1.82, 2.24) is 0 Å². The van der Waals surface area contributed by atoms with Gasteiger partial charge in [0.1, 0.15) is 0 Å². The molecule has 0 atom stereocenters. The summed E-state index contributed by atoms with van der Waals surface area (Å²) >= 11 is 0. The molecule has 0 spiro atoms. The Labute approximate surface area is 139 Å². The van der Waals surface area contributed by atoms with E-state index in [0.717, 1.165) is 13.2 Å². The Morgan fingerprint density at radius 1 is 0.700 bits per heavy atom. The van der Waals surface area contributed by atoms with Crippen LogP contribution in [0.15, 0.2) is 0 Å². The molecule has 0 aromatic heterocycles. The molecule has 0 fully saturated rings. The van der Waals surface area contributed by atoms with Crippen molar-refractivity contribution in [2.24, 2.45) is 0 Å². The first-order valence-corrected chi connectivity index (χ1v) is 14.0. The van der Waals surface area contributed by atoms with Gasteiger partial charge in [-0.3, -0.25) is 0 Å². The van der Waals surface area contributed by atoms with Crippen LogP contribution < -0.4 is 0 Å². The molecule has 0 saturated carbocycles. The molecule has 2 nitrogen and oxygen atoms in total. The van der Waals surface area contributed by atoms with E-state index in [1.165, 1.54) is 62.1 Å². The third-order valence-corrected chi connectivity index (χ3v) is 8.21. The minimum Gasteiger partial charge on any atom is -0.424 e. The average Bonchev–Trinajstić information content (AvgIpc) is 2.47. The Hall–Kier alpha value is 1.05. The fourth-order valence-electron chi connectivity index (χ4n) is 1.54. The number of unbranched alkanes of at least 4 members (excludes halogenated alkanes) is 2. The highest BCUT2D eigenvalue weighted by Gasteiger charge is 1.95. The summed E-state index contributed by atoms with van der Waals surface area (Å²) in [5.74, 6) is 2.61. The zero-order valence-corrected chi connectivity index (χ0v) is 18.0. The van der Waals surface area contributed by atoms with Crippen LogP contribution >= 0.6 is 21.6 Å². The van der Waals surface area contributed by atoms with Crippen molar-refractivity contribution in [3.05, 3.63) is 0 Å². The Balaban J connectivity index is 2.89. The van der Waals surface area contributed by atoms with Gasteiger partial charge in [-0.05, 0) is 37.8 Å². The predicted molar refractivity (Wildman–Crippen MR) is 103 cm³/mol. The van der Waals surface area contributed by atoms with Gasteiger partial charge < -0.3 is 8.85 Å². The molecule has 0 heterocycles. The second-order valence-corrected chi connectivity index (χ2v) is 10.7. The monoisotopic (exact) mass is 354 g/mol. The molecule has 0 N–H and O–H groups in total. The van der Waals surface area contributed by atoms with Crippen LogP contribution in [0.25, 0.3) is 0 Å². The van der Waals surface area contributed by atoms with E-state index in [1.807, 2.05) is 0 Å². The van der Waals surface area contributed by atoms with Crippen LogP contribution in [0.3, 0.4) is 0 Å². The van der Waals surface area contributed by atoms with Gasteiger partial charge in [-0.1, -0.05) is 48.3 Å². The van der Waals surface area contributed by atoms with Gasteiger partial charge in [-0.15, -0.1) is 0 Å². The van der Waals surface area contributed by atoms with E-state index in [0.29, 0.717) is 0 Å². The van der Waals surface area contributed by atoms with Gasteiger partial charge in [0.05, 0.1) is 0 Å². The molecule has 0 aliphatic rings. The van der Waals surface area contributed by atoms with Crippen molar-refractivity contribution < 1.29 is 8.85 Å². The van der Waals surface area contributed by atoms with E-state index < -0.39 is 0 Å². The van der Waals surface area contributed by atoms with Crippen LogP contribution in [0.5, 0.6) is 0 Å². The van der Waals surface area contributed by atoms with E-state index in [4.69, 9.17) is 8.85 Å². The van der Waals surface area contributed by atoms with Crippen LogP contribution in [0.4, 0.5) is 0 Å². The second-order valence-electron chi connectivity index (χ2n) is 4.99. The van der Waals surface area contributed by atoms with Gasteiger partial charge in [0.2, 0.25) is 0 Å². The lowest BCUT2D eigenvalue weighted by atomic mass is 10.4. The summed E-state index contributed by atoms with van der Waals surface area (Å²) in [7, 11) is 3.70. The third-order valence-electron chi connectivity index (χ3n) is 2.90. The molecule has 122 valence electrons. The normalized spacial score (nSPS) is 12.3. The quantitative estimate of drug-likeness (QED) is 0.225. The van der Waals surface area contributed by atoms with E-state index >= 15 is 0 Å². The van der Waals surface area contributed by atoms with Gasteiger partial charge in [-0.2, -0.15) is 0 Å². The summed E-state index contributed by atoms with van der Waals surface area (Å²) in [6.07, 6.45) is 7.70. The molecule has 0 bridgehead atoms. The molecule has 0 rings (SSSR count). The average molecular weight is 355 g/mol. The first kappa shape index (κ1) is 21.1. The van der Waals surface area contributed by atoms with Crippen LogP contribution in [-0.4, -0.2) is 44.2 Å². The first-order chi connectivity index (χ1) is 9.91. The third kappa shape index (κ3) is 19.1. The van der Waals surface area contributed by atoms with Gasteiger partial charge in [0.15, 0.2) is 19.5 Å². The fourth-order valence-corrected chi connectivity index (χ4v) is 6.70. The highest BCUT2D eigenvalue weighted by Crippen LogP contribution is 2.23. The topological polar surface area (TPSA) is 18.5 Å². The van der Waals surface area contributed by atoms with Gasteiger partial charge in [0.25, 0.3) is 0 Å². The molecule has 0 aromatic carbocycles. The van der Waals surface area contributed by atoms with E-state index in [-0.39, 0.29) is 19.5 Å². The Morgan fingerprint density at radius 3 is 1.55 bits per heavy atom. The smallest absolute Gasteiger partial charge is 0.161 e. The van der Waals surface area contributed by atoms with Crippen LogP contribution in [0.1, 0.15) is 52.4 Å². The molecular weight excluding hydrogens is 320 g/mol. The summed E-state index contributed by atoms with van der Waals surface area (Å²) in [6, 6.07) is 2.71. The molecule has 0 amide bonds. The first-order valence-electron chi connectivity index (χ1n) is 8.31. The molecule has 0 aromatic rings. The standard InChI is InChI=1S/C14H34O2S2Si2/c1-3-5-9-15-19-13-7-11-17-18-12-8-14-20-16-10-6-4-2/h3-14,19-20H2,1-2H3. The van der Waals surface area contributed by atoms with Crippen molar-refractivity contribution in [1.29, 1.82) is 0 Å². The van der Waals surface area contributed by atoms with E-state index in [9.17, 15) is 0 Å². The zero-order chi connectivity index (χ0) is 14.7. The SMILES string of the molecule is CCCCO[SiH2]CCCSSCCC[SiH2]OCCCC. The number of rotatable bonds is 17. The summed E-state index contributed by atoms with van der Waals surface area (Å²) in [6.45, 7) is 6.46. The van der Waals surface area contributed by atoms with Gasteiger partial charge in [-0.25, -0.2) is 0 Å². The maximum absolute atomic E-state index is 5.69. The van der Waals surface area contributed by atoms with Gasteiger partial charge >= 0.3 is 0 Å². The maximum Gasteiger partial charge on any atom is 0.161 e. The van der Waals surface area contributed by atoms with Crippen LogP contribution in [0, 0.1) is 0 Å². The summed E-state index contributed by atoms with van der Waals surface area (Å²) in [5.41, 5.74) is 0. The lowest BCUT2D eigenvalue weighted by molar-refractivity contribution is 0.325. The highest BCUT2D eigenvalue weighted by molar-refractivity contribution is 8.76. The van der Waals surface area contributed by atoms with Crippen molar-refractivity contribution in [3.63, 3.8) is 0 Å². The molecule has 20 heavy (non-hydrogen) atoms. The van der Waals surface area contributed by atoms with Crippen LogP contribution in [0.2, 0.25) is 12.1 Å². The molecule has 0 aliphatic heterocycles. The zero-order valence-electron chi connectivity index (χ0n) is 13.5. The number of hydrogen-bond acceptors (Lipinski definition) is 4. The summed E-state index contributed by atoms with van der Waals surface area (Å²) in [5, 5.41) is 0.